The van der Waals surface area contributed by atoms with E-state index in [-0.39, 0.29) is 17.9 Å². The predicted molar refractivity (Wildman–Crippen MR) is 93.0 cm³/mol. The predicted octanol–water partition coefficient (Wildman–Crippen LogP) is 1.68. The maximum atomic E-state index is 12.3. The minimum Gasteiger partial charge on any atom is -0.364 e. The molecule has 1 aromatic heterocycles. The lowest BCUT2D eigenvalue weighted by molar-refractivity contribution is -0.123. The molecule has 0 unspecified atom stereocenters. The molecule has 0 spiro atoms. The van der Waals surface area contributed by atoms with E-state index in [1.807, 2.05) is 0 Å². The maximum Gasteiger partial charge on any atom is 0.266 e. The van der Waals surface area contributed by atoms with Crippen molar-refractivity contribution >= 4 is 11.8 Å². The van der Waals surface area contributed by atoms with Crippen LogP contribution in [0, 0.1) is 5.92 Å². The van der Waals surface area contributed by atoms with Crippen LogP contribution in [0.3, 0.4) is 0 Å². The van der Waals surface area contributed by atoms with Gasteiger partial charge < -0.3 is 11.1 Å². The summed E-state index contributed by atoms with van der Waals surface area (Å²) in [5.74, 6) is 0.338. The molecule has 6 heteroatoms. The second kappa shape index (κ2) is 6.35. The number of carbonyl (C=O) groups excluding carboxylic acids is 2. The highest BCUT2D eigenvalue weighted by molar-refractivity contribution is 5.90. The van der Waals surface area contributed by atoms with Gasteiger partial charge in [0.15, 0.2) is 0 Å². The standard InChI is InChI=1S/C19H22N4O2/c20-19(25)17-10-16(22-23-17)14-8-15(9-14)21-18(24)7-11-5-12-3-1-2-4-13(12)6-11/h1-4,10-11,14-15H,5-9H2,(H2,20,25)(H,21,24)(H,22,23)/t14-,15+. The summed E-state index contributed by atoms with van der Waals surface area (Å²) in [6, 6.07) is 10.4. The topological polar surface area (TPSA) is 101 Å². The Labute approximate surface area is 146 Å². The lowest BCUT2D eigenvalue weighted by Crippen LogP contribution is -2.44. The number of aromatic nitrogens is 2. The summed E-state index contributed by atoms with van der Waals surface area (Å²) in [5, 5.41) is 9.93. The smallest absolute Gasteiger partial charge is 0.266 e. The molecule has 0 radical (unpaired) electrons. The summed E-state index contributed by atoms with van der Waals surface area (Å²) in [7, 11) is 0. The number of nitrogens with two attached hydrogens (primary N) is 1. The molecule has 25 heavy (non-hydrogen) atoms. The number of H-pyrrole nitrogens is 1. The molecule has 2 aromatic rings. The zero-order chi connectivity index (χ0) is 17.4. The molecule has 0 saturated heterocycles. The van der Waals surface area contributed by atoms with E-state index in [9.17, 15) is 9.59 Å². The van der Waals surface area contributed by atoms with E-state index in [0.29, 0.717) is 18.0 Å². The third-order valence-corrected chi connectivity index (χ3v) is 5.39. The van der Waals surface area contributed by atoms with Gasteiger partial charge in [0.1, 0.15) is 5.69 Å². The summed E-state index contributed by atoms with van der Waals surface area (Å²) in [6.45, 7) is 0. The van der Waals surface area contributed by atoms with Crippen LogP contribution in [0.1, 0.15) is 52.5 Å². The Morgan fingerprint density at radius 3 is 2.48 bits per heavy atom. The van der Waals surface area contributed by atoms with Crippen molar-refractivity contribution in [2.24, 2.45) is 11.7 Å². The average molecular weight is 338 g/mol. The second-order valence-electron chi connectivity index (χ2n) is 7.25. The molecule has 4 N–H and O–H groups in total. The summed E-state index contributed by atoms with van der Waals surface area (Å²) in [6.07, 6.45) is 4.31. The molecule has 1 heterocycles. The Hall–Kier alpha value is -2.63. The number of hydrogen-bond donors (Lipinski definition) is 3. The van der Waals surface area contributed by atoms with Crippen LogP contribution in [-0.2, 0) is 17.6 Å². The largest absolute Gasteiger partial charge is 0.364 e. The van der Waals surface area contributed by atoms with Crippen LogP contribution in [0.15, 0.2) is 30.3 Å². The molecule has 0 atom stereocenters. The molecule has 2 amide bonds. The number of nitrogens with zero attached hydrogens (tertiary/aromatic N) is 1. The van der Waals surface area contributed by atoms with Crippen molar-refractivity contribution in [3.63, 3.8) is 0 Å². The number of benzene rings is 1. The Bertz CT molecular complexity index is 782. The third-order valence-electron chi connectivity index (χ3n) is 5.39. The number of aromatic amines is 1. The summed E-state index contributed by atoms with van der Waals surface area (Å²) >= 11 is 0. The van der Waals surface area contributed by atoms with Crippen molar-refractivity contribution in [1.82, 2.24) is 15.5 Å². The highest BCUT2D eigenvalue weighted by Gasteiger charge is 2.34. The molecule has 0 aliphatic heterocycles. The molecule has 2 aliphatic carbocycles. The Balaban J connectivity index is 1.23. The Kier molecular flexibility index (Phi) is 4.03. The van der Waals surface area contributed by atoms with Gasteiger partial charge in [0.2, 0.25) is 5.91 Å². The number of carbonyl (C=O) groups is 2. The first-order chi connectivity index (χ1) is 12.1. The molecule has 1 saturated carbocycles. The van der Waals surface area contributed by atoms with Crippen LogP contribution < -0.4 is 11.1 Å². The summed E-state index contributed by atoms with van der Waals surface area (Å²) in [4.78, 5) is 23.4. The van der Waals surface area contributed by atoms with Gasteiger partial charge >= 0.3 is 0 Å². The lowest BCUT2D eigenvalue weighted by Gasteiger charge is -2.35. The van der Waals surface area contributed by atoms with Gasteiger partial charge in [-0.25, -0.2) is 0 Å². The fraction of sp³-hybridized carbons (Fsp3) is 0.421. The van der Waals surface area contributed by atoms with Gasteiger partial charge in [-0.1, -0.05) is 24.3 Å². The lowest BCUT2D eigenvalue weighted by atomic mass is 9.78. The Morgan fingerprint density at radius 2 is 1.88 bits per heavy atom. The number of fused-ring (bicyclic) bond motifs is 1. The molecular formula is C19H22N4O2. The molecule has 4 rings (SSSR count). The zero-order valence-corrected chi connectivity index (χ0v) is 14.0. The maximum absolute atomic E-state index is 12.3. The monoisotopic (exact) mass is 338 g/mol. The van der Waals surface area contributed by atoms with Crippen LogP contribution in [0.2, 0.25) is 0 Å². The van der Waals surface area contributed by atoms with Gasteiger partial charge in [-0.05, 0) is 48.8 Å². The molecule has 1 fully saturated rings. The third kappa shape index (κ3) is 3.29. The van der Waals surface area contributed by atoms with E-state index in [0.717, 1.165) is 31.4 Å². The molecular weight excluding hydrogens is 316 g/mol. The van der Waals surface area contributed by atoms with Crippen LogP contribution >= 0.6 is 0 Å². The van der Waals surface area contributed by atoms with Gasteiger partial charge in [-0.2, -0.15) is 5.10 Å². The van der Waals surface area contributed by atoms with E-state index < -0.39 is 5.91 Å². The number of primary amides is 1. The summed E-state index contributed by atoms with van der Waals surface area (Å²) < 4.78 is 0. The van der Waals surface area contributed by atoms with Crippen molar-refractivity contribution in [3.8, 4) is 0 Å². The van der Waals surface area contributed by atoms with Crippen molar-refractivity contribution in [3.05, 3.63) is 52.8 Å². The first-order valence-electron chi connectivity index (χ1n) is 8.79. The van der Waals surface area contributed by atoms with Gasteiger partial charge in [0, 0.05) is 18.4 Å². The average Bonchev–Trinajstić information content (AvgIpc) is 3.16. The minimum absolute atomic E-state index is 0.140. The van der Waals surface area contributed by atoms with Gasteiger partial charge in [0.05, 0.1) is 5.69 Å². The van der Waals surface area contributed by atoms with Crippen LogP contribution in [0.4, 0.5) is 0 Å². The van der Waals surface area contributed by atoms with Crippen molar-refractivity contribution < 1.29 is 9.59 Å². The van der Waals surface area contributed by atoms with E-state index in [1.165, 1.54) is 11.1 Å². The molecule has 0 bridgehead atoms. The highest BCUT2D eigenvalue weighted by Crippen LogP contribution is 2.36. The number of rotatable bonds is 5. The van der Waals surface area contributed by atoms with Crippen LogP contribution in [0.25, 0.3) is 0 Å². The van der Waals surface area contributed by atoms with E-state index in [2.05, 4.69) is 39.8 Å². The van der Waals surface area contributed by atoms with Crippen molar-refractivity contribution in [1.29, 1.82) is 0 Å². The number of amides is 2. The van der Waals surface area contributed by atoms with Crippen LogP contribution in [-0.4, -0.2) is 28.1 Å². The normalized spacial score (nSPS) is 22.2. The molecule has 6 nitrogen and oxygen atoms in total. The van der Waals surface area contributed by atoms with Crippen LogP contribution in [0.5, 0.6) is 0 Å². The van der Waals surface area contributed by atoms with E-state index in [1.54, 1.807) is 6.07 Å². The fourth-order valence-corrected chi connectivity index (χ4v) is 3.99. The first kappa shape index (κ1) is 15.9. The Morgan fingerprint density at radius 1 is 1.20 bits per heavy atom. The zero-order valence-electron chi connectivity index (χ0n) is 14.0. The molecule has 2 aliphatic rings. The minimum atomic E-state index is -0.500. The quantitative estimate of drug-likeness (QED) is 0.773. The summed E-state index contributed by atoms with van der Waals surface area (Å²) in [5.41, 5.74) is 9.18. The molecule has 130 valence electrons. The number of hydrogen-bond acceptors (Lipinski definition) is 3. The van der Waals surface area contributed by atoms with Gasteiger partial charge in [-0.3, -0.25) is 14.7 Å². The van der Waals surface area contributed by atoms with Gasteiger partial charge in [0.25, 0.3) is 5.91 Å². The van der Waals surface area contributed by atoms with E-state index >= 15 is 0 Å². The van der Waals surface area contributed by atoms with E-state index in [4.69, 9.17) is 5.73 Å². The van der Waals surface area contributed by atoms with Gasteiger partial charge in [-0.15, -0.1) is 0 Å². The highest BCUT2D eigenvalue weighted by atomic mass is 16.2. The van der Waals surface area contributed by atoms with Crippen molar-refractivity contribution in [2.45, 2.75) is 44.1 Å². The fourth-order valence-electron chi connectivity index (χ4n) is 3.99. The first-order valence-corrected chi connectivity index (χ1v) is 8.79. The number of nitrogens with one attached hydrogen (secondary N) is 2. The second-order valence-corrected chi connectivity index (χ2v) is 7.25. The van der Waals surface area contributed by atoms with Crippen molar-refractivity contribution in [2.75, 3.05) is 0 Å². The SMILES string of the molecule is NC(=O)c1cc([C@H]2C[C@@H](NC(=O)CC3Cc4ccccc4C3)C2)n[nH]1. The molecule has 1 aromatic carbocycles.